The minimum absolute atomic E-state index is 0.0256. The Kier molecular flexibility index (Phi) is 6.00. The van der Waals surface area contributed by atoms with Crippen LogP contribution in [0.3, 0.4) is 0 Å². The van der Waals surface area contributed by atoms with Crippen LogP contribution in [0.1, 0.15) is 11.3 Å². The molecule has 1 heterocycles. The van der Waals surface area contributed by atoms with Crippen molar-refractivity contribution in [1.29, 1.82) is 0 Å². The standard InChI is InChI=1S/C16H19N3O3/c20-12-13(9-15-6-3-4-8-18-15)10-17-11-14-5-1-2-7-16(14)19(21)22/h1-8,13,17,20H,9-12H2. The average Bonchev–Trinajstić information content (AvgIpc) is 2.55. The van der Waals surface area contributed by atoms with Crippen molar-refractivity contribution in [3.63, 3.8) is 0 Å². The number of nitro benzene ring substituents is 1. The third-order valence-electron chi connectivity index (χ3n) is 3.42. The van der Waals surface area contributed by atoms with Crippen molar-refractivity contribution in [2.45, 2.75) is 13.0 Å². The van der Waals surface area contributed by atoms with Crippen LogP contribution in [0.2, 0.25) is 0 Å². The summed E-state index contributed by atoms with van der Waals surface area (Å²) in [4.78, 5) is 14.8. The maximum atomic E-state index is 10.9. The molecule has 1 atom stereocenters. The van der Waals surface area contributed by atoms with Gasteiger partial charge in [0.2, 0.25) is 0 Å². The molecule has 0 bridgehead atoms. The number of para-hydroxylation sites is 1. The van der Waals surface area contributed by atoms with Gasteiger partial charge >= 0.3 is 0 Å². The third-order valence-corrected chi connectivity index (χ3v) is 3.42. The second-order valence-corrected chi connectivity index (χ2v) is 5.09. The molecule has 0 spiro atoms. The molecule has 0 saturated carbocycles. The number of rotatable bonds is 8. The van der Waals surface area contributed by atoms with Gasteiger partial charge in [-0.25, -0.2) is 0 Å². The summed E-state index contributed by atoms with van der Waals surface area (Å²) in [5.74, 6) is 0.0256. The van der Waals surface area contributed by atoms with Gasteiger partial charge in [0.15, 0.2) is 0 Å². The quantitative estimate of drug-likeness (QED) is 0.574. The van der Waals surface area contributed by atoms with Gasteiger partial charge in [-0.1, -0.05) is 24.3 Å². The molecule has 0 amide bonds. The molecular weight excluding hydrogens is 282 g/mol. The molecule has 1 unspecified atom stereocenters. The van der Waals surface area contributed by atoms with Crippen LogP contribution in [-0.2, 0) is 13.0 Å². The van der Waals surface area contributed by atoms with Crippen LogP contribution in [0, 0.1) is 16.0 Å². The van der Waals surface area contributed by atoms with Gasteiger partial charge in [0.25, 0.3) is 5.69 Å². The van der Waals surface area contributed by atoms with E-state index in [4.69, 9.17) is 0 Å². The number of nitrogens with one attached hydrogen (secondary N) is 1. The first-order valence-corrected chi connectivity index (χ1v) is 7.14. The summed E-state index contributed by atoms with van der Waals surface area (Å²) < 4.78 is 0. The van der Waals surface area contributed by atoms with E-state index in [0.29, 0.717) is 25.1 Å². The third kappa shape index (κ3) is 4.61. The zero-order chi connectivity index (χ0) is 15.8. The van der Waals surface area contributed by atoms with E-state index < -0.39 is 0 Å². The van der Waals surface area contributed by atoms with Gasteiger partial charge in [-0.15, -0.1) is 0 Å². The van der Waals surface area contributed by atoms with Crippen LogP contribution < -0.4 is 5.32 Å². The SMILES string of the molecule is O=[N+]([O-])c1ccccc1CNCC(CO)Cc1ccccn1. The van der Waals surface area contributed by atoms with E-state index in [0.717, 1.165) is 5.69 Å². The lowest BCUT2D eigenvalue weighted by Crippen LogP contribution is -2.27. The Morgan fingerprint density at radius 3 is 2.68 bits per heavy atom. The molecule has 2 N–H and O–H groups in total. The molecule has 0 aliphatic carbocycles. The molecule has 116 valence electrons. The Hall–Kier alpha value is -2.31. The number of benzene rings is 1. The molecule has 1 aromatic heterocycles. The normalized spacial score (nSPS) is 12.0. The average molecular weight is 301 g/mol. The maximum absolute atomic E-state index is 10.9. The molecule has 2 aromatic rings. The summed E-state index contributed by atoms with van der Waals surface area (Å²) in [6, 6.07) is 12.3. The number of hydrogen-bond donors (Lipinski definition) is 2. The van der Waals surface area contributed by atoms with Gasteiger partial charge in [0, 0.05) is 43.2 Å². The molecule has 0 radical (unpaired) electrons. The van der Waals surface area contributed by atoms with Crippen molar-refractivity contribution in [2.75, 3.05) is 13.2 Å². The zero-order valence-corrected chi connectivity index (χ0v) is 12.2. The Balaban J connectivity index is 1.88. The van der Waals surface area contributed by atoms with Crippen LogP contribution in [-0.4, -0.2) is 28.2 Å². The Labute approximate surface area is 129 Å². The lowest BCUT2D eigenvalue weighted by atomic mass is 10.0. The fraction of sp³-hybridized carbons (Fsp3) is 0.312. The predicted octanol–water partition coefficient (Wildman–Crippen LogP) is 1.93. The van der Waals surface area contributed by atoms with Gasteiger partial charge in [-0.2, -0.15) is 0 Å². The maximum Gasteiger partial charge on any atom is 0.273 e. The van der Waals surface area contributed by atoms with Crippen molar-refractivity contribution in [3.8, 4) is 0 Å². The Morgan fingerprint density at radius 1 is 1.23 bits per heavy atom. The monoisotopic (exact) mass is 301 g/mol. The zero-order valence-electron chi connectivity index (χ0n) is 12.2. The highest BCUT2D eigenvalue weighted by Crippen LogP contribution is 2.17. The van der Waals surface area contributed by atoms with E-state index in [1.807, 2.05) is 18.2 Å². The molecular formula is C16H19N3O3. The van der Waals surface area contributed by atoms with E-state index in [9.17, 15) is 15.2 Å². The summed E-state index contributed by atoms with van der Waals surface area (Å²) in [6.07, 6.45) is 2.39. The smallest absolute Gasteiger partial charge is 0.273 e. The fourth-order valence-corrected chi connectivity index (χ4v) is 2.27. The number of aliphatic hydroxyl groups is 1. The van der Waals surface area contributed by atoms with Crippen molar-refractivity contribution in [1.82, 2.24) is 10.3 Å². The molecule has 2 rings (SSSR count). The molecule has 0 aliphatic rings. The van der Waals surface area contributed by atoms with Gasteiger partial charge < -0.3 is 10.4 Å². The summed E-state index contributed by atoms with van der Waals surface area (Å²) in [7, 11) is 0. The van der Waals surface area contributed by atoms with E-state index in [1.165, 1.54) is 6.07 Å². The first-order valence-electron chi connectivity index (χ1n) is 7.14. The Morgan fingerprint density at radius 2 is 2.00 bits per heavy atom. The first kappa shape index (κ1) is 16.1. The largest absolute Gasteiger partial charge is 0.396 e. The lowest BCUT2D eigenvalue weighted by Gasteiger charge is -2.14. The molecule has 6 heteroatoms. The van der Waals surface area contributed by atoms with Crippen LogP contribution in [0.5, 0.6) is 0 Å². The van der Waals surface area contributed by atoms with E-state index in [-0.39, 0.29) is 23.1 Å². The van der Waals surface area contributed by atoms with E-state index >= 15 is 0 Å². The van der Waals surface area contributed by atoms with Crippen molar-refractivity contribution in [2.24, 2.45) is 5.92 Å². The van der Waals surface area contributed by atoms with Crippen LogP contribution >= 0.6 is 0 Å². The minimum atomic E-state index is -0.381. The minimum Gasteiger partial charge on any atom is -0.396 e. The van der Waals surface area contributed by atoms with Gasteiger partial charge in [0.05, 0.1) is 4.92 Å². The summed E-state index contributed by atoms with van der Waals surface area (Å²) in [6.45, 7) is 1.01. The highest BCUT2D eigenvalue weighted by Gasteiger charge is 2.13. The number of aliphatic hydroxyl groups excluding tert-OH is 1. The summed E-state index contributed by atoms with van der Waals surface area (Å²) in [5.41, 5.74) is 1.68. The highest BCUT2D eigenvalue weighted by atomic mass is 16.6. The molecule has 6 nitrogen and oxygen atoms in total. The highest BCUT2D eigenvalue weighted by molar-refractivity contribution is 5.39. The second-order valence-electron chi connectivity index (χ2n) is 5.09. The number of hydrogen-bond acceptors (Lipinski definition) is 5. The fourth-order valence-electron chi connectivity index (χ4n) is 2.27. The van der Waals surface area contributed by atoms with Crippen LogP contribution in [0.25, 0.3) is 0 Å². The van der Waals surface area contributed by atoms with E-state index in [1.54, 1.807) is 24.4 Å². The number of nitro groups is 1. The van der Waals surface area contributed by atoms with Gasteiger partial charge in [-0.3, -0.25) is 15.1 Å². The number of pyridine rings is 1. The molecule has 0 saturated heterocycles. The predicted molar refractivity (Wildman–Crippen MR) is 83.3 cm³/mol. The summed E-state index contributed by atoms with van der Waals surface area (Å²) >= 11 is 0. The van der Waals surface area contributed by atoms with E-state index in [2.05, 4.69) is 10.3 Å². The van der Waals surface area contributed by atoms with Crippen molar-refractivity contribution >= 4 is 5.69 Å². The number of aromatic nitrogens is 1. The van der Waals surface area contributed by atoms with Gasteiger partial charge in [-0.05, 0) is 24.5 Å². The first-order chi connectivity index (χ1) is 10.7. The van der Waals surface area contributed by atoms with Crippen LogP contribution in [0.4, 0.5) is 5.69 Å². The molecule has 1 aromatic carbocycles. The van der Waals surface area contributed by atoms with Crippen molar-refractivity contribution < 1.29 is 10.0 Å². The summed E-state index contributed by atoms with van der Waals surface area (Å²) in [5, 5.41) is 23.6. The molecule has 22 heavy (non-hydrogen) atoms. The molecule has 0 fully saturated rings. The van der Waals surface area contributed by atoms with Crippen LogP contribution in [0.15, 0.2) is 48.7 Å². The Bertz CT molecular complexity index is 605. The molecule has 0 aliphatic heterocycles. The topological polar surface area (TPSA) is 88.3 Å². The second kappa shape index (κ2) is 8.21. The van der Waals surface area contributed by atoms with Gasteiger partial charge in [0.1, 0.15) is 0 Å². The number of nitrogens with zero attached hydrogens (tertiary/aromatic N) is 2. The lowest BCUT2D eigenvalue weighted by molar-refractivity contribution is -0.385. The van der Waals surface area contributed by atoms with Crippen molar-refractivity contribution in [3.05, 3.63) is 70.0 Å².